The zero-order valence-corrected chi connectivity index (χ0v) is 13.2. The predicted molar refractivity (Wildman–Crippen MR) is 82.7 cm³/mol. The molecule has 1 heterocycles. The first-order valence-electron chi connectivity index (χ1n) is 7.79. The number of ketones is 1. The van der Waals surface area contributed by atoms with Crippen LogP contribution in [-0.4, -0.2) is 48.1 Å². The number of carbonyl (C=O) groups is 1. The van der Waals surface area contributed by atoms with Gasteiger partial charge in [0.05, 0.1) is 5.56 Å². The number of aliphatic hydroxyl groups is 1. The Kier molecular flexibility index (Phi) is 5.91. The second-order valence-electron chi connectivity index (χ2n) is 6.14. The molecule has 1 saturated heterocycles. The predicted octanol–water partition coefficient (Wildman–Crippen LogP) is 2.50. The Morgan fingerprint density at radius 1 is 1.45 bits per heavy atom. The Morgan fingerprint density at radius 3 is 2.77 bits per heavy atom. The Balaban J connectivity index is 1.87. The van der Waals surface area contributed by atoms with E-state index in [1.54, 1.807) is 0 Å². The van der Waals surface area contributed by atoms with Crippen LogP contribution in [0.25, 0.3) is 0 Å². The van der Waals surface area contributed by atoms with Crippen molar-refractivity contribution in [2.75, 3.05) is 26.2 Å². The summed E-state index contributed by atoms with van der Waals surface area (Å²) in [7, 11) is 0. The van der Waals surface area contributed by atoms with Gasteiger partial charge in [-0.05, 0) is 50.9 Å². The van der Waals surface area contributed by atoms with Crippen LogP contribution in [0.1, 0.15) is 37.0 Å². The fourth-order valence-electron chi connectivity index (χ4n) is 2.69. The average molecular weight is 309 g/mol. The van der Waals surface area contributed by atoms with Crippen molar-refractivity contribution >= 4 is 5.78 Å². The van der Waals surface area contributed by atoms with E-state index in [4.69, 9.17) is 4.74 Å². The summed E-state index contributed by atoms with van der Waals surface area (Å²) in [6.45, 7) is 6.20. The maximum Gasteiger partial charge on any atom is 0.163 e. The largest absolute Gasteiger partial charge is 0.490 e. The van der Waals surface area contributed by atoms with Crippen LogP contribution >= 0.6 is 0 Å². The number of hydrogen-bond acceptors (Lipinski definition) is 4. The van der Waals surface area contributed by atoms with Gasteiger partial charge < -0.3 is 14.7 Å². The van der Waals surface area contributed by atoms with Crippen LogP contribution in [0, 0.1) is 11.7 Å². The van der Waals surface area contributed by atoms with Gasteiger partial charge in [-0.1, -0.05) is 6.92 Å². The van der Waals surface area contributed by atoms with Gasteiger partial charge in [0.1, 0.15) is 24.3 Å². The van der Waals surface area contributed by atoms with Crippen LogP contribution in [0.2, 0.25) is 0 Å². The van der Waals surface area contributed by atoms with Crippen LogP contribution in [-0.2, 0) is 0 Å². The average Bonchev–Trinajstić information content (AvgIpc) is 2.47. The van der Waals surface area contributed by atoms with E-state index in [0.717, 1.165) is 31.8 Å². The number of rotatable bonds is 6. The van der Waals surface area contributed by atoms with Crippen LogP contribution in [0.3, 0.4) is 0 Å². The van der Waals surface area contributed by atoms with Crippen LogP contribution in [0.15, 0.2) is 18.2 Å². The number of halogens is 1. The maximum atomic E-state index is 13.3. The first-order valence-corrected chi connectivity index (χ1v) is 7.79. The summed E-state index contributed by atoms with van der Waals surface area (Å²) in [5.41, 5.74) is 0.334. The molecular weight excluding hydrogens is 285 g/mol. The summed E-state index contributed by atoms with van der Waals surface area (Å²) in [5, 5.41) is 10.1. The number of likely N-dealkylation sites (tertiary alicyclic amines) is 1. The van der Waals surface area contributed by atoms with Crippen LogP contribution < -0.4 is 4.74 Å². The first kappa shape index (κ1) is 16.9. The number of β-amino-alcohol motifs (C(OH)–C–C–N with tert-alkyl or cyclic N) is 1. The zero-order valence-electron chi connectivity index (χ0n) is 13.2. The Hall–Kier alpha value is -1.46. The van der Waals surface area contributed by atoms with E-state index in [9.17, 15) is 14.3 Å². The minimum Gasteiger partial charge on any atom is -0.490 e. The molecule has 1 N–H and O–H groups in total. The number of nitrogens with zero attached hydrogens (tertiary/aromatic N) is 1. The van der Waals surface area contributed by atoms with Crippen LogP contribution in [0.5, 0.6) is 5.75 Å². The molecule has 0 bridgehead atoms. The Morgan fingerprint density at radius 2 is 2.14 bits per heavy atom. The smallest absolute Gasteiger partial charge is 0.163 e. The summed E-state index contributed by atoms with van der Waals surface area (Å²) in [4.78, 5) is 13.7. The van der Waals surface area contributed by atoms with Gasteiger partial charge in [-0.3, -0.25) is 4.79 Å². The molecule has 0 saturated carbocycles. The molecule has 1 aliphatic heterocycles. The lowest BCUT2D eigenvalue weighted by molar-refractivity contribution is 0.0557. The van der Waals surface area contributed by atoms with E-state index in [2.05, 4.69) is 11.8 Å². The highest BCUT2D eigenvalue weighted by molar-refractivity contribution is 5.96. The molecule has 122 valence electrons. The molecule has 1 aromatic rings. The van der Waals surface area contributed by atoms with E-state index in [1.807, 2.05) is 0 Å². The van der Waals surface area contributed by atoms with Gasteiger partial charge >= 0.3 is 0 Å². The van der Waals surface area contributed by atoms with Gasteiger partial charge in [-0.2, -0.15) is 0 Å². The van der Waals surface area contributed by atoms with E-state index in [-0.39, 0.29) is 18.1 Å². The van der Waals surface area contributed by atoms with E-state index in [0.29, 0.717) is 12.1 Å². The van der Waals surface area contributed by atoms with E-state index < -0.39 is 11.9 Å². The number of benzene rings is 1. The normalized spacial score (nSPS) is 18.2. The van der Waals surface area contributed by atoms with Gasteiger partial charge in [0.15, 0.2) is 5.78 Å². The summed E-state index contributed by atoms with van der Waals surface area (Å²) >= 11 is 0. The topological polar surface area (TPSA) is 49.8 Å². The highest BCUT2D eigenvalue weighted by Crippen LogP contribution is 2.21. The van der Waals surface area contributed by atoms with Crippen molar-refractivity contribution in [2.24, 2.45) is 5.92 Å². The second-order valence-corrected chi connectivity index (χ2v) is 6.14. The molecule has 1 aliphatic rings. The van der Waals surface area contributed by atoms with Crippen molar-refractivity contribution in [1.82, 2.24) is 4.90 Å². The molecule has 2 rings (SSSR count). The third kappa shape index (κ3) is 4.78. The van der Waals surface area contributed by atoms with Crippen molar-refractivity contribution in [2.45, 2.75) is 32.8 Å². The molecule has 0 aromatic heterocycles. The molecule has 4 nitrogen and oxygen atoms in total. The van der Waals surface area contributed by atoms with Crippen molar-refractivity contribution in [3.8, 4) is 5.75 Å². The van der Waals surface area contributed by atoms with Gasteiger partial charge in [0.25, 0.3) is 0 Å². The fourth-order valence-corrected chi connectivity index (χ4v) is 2.69. The lowest BCUT2D eigenvalue weighted by atomic mass is 9.99. The molecular formula is C17H24FNO3. The zero-order chi connectivity index (χ0) is 16.1. The highest BCUT2D eigenvalue weighted by atomic mass is 19.1. The van der Waals surface area contributed by atoms with Gasteiger partial charge in [-0.15, -0.1) is 0 Å². The van der Waals surface area contributed by atoms with Gasteiger partial charge in [0.2, 0.25) is 0 Å². The van der Waals surface area contributed by atoms with Gasteiger partial charge in [-0.25, -0.2) is 4.39 Å². The number of carbonyl (C=O) groups excluding carboxylic acids is 1. The molecule has 22 heavy (non-hydrogen) atoms. The van der Waals surface area contributed by atoms with E-state index >= 15 is 0 Å². The first-order chi connectivity index (χ1) is 10.5. The number of Topliss-reactive ketones (excluding diaryl/α,β-unsaturated/α-hetero) is 1. The molecule has 0 amide bonds. The number of ether oxygens (including phenoxy) is 1. The summed E-state index contributed by atoms with van der Waals surface area (Å²) in [5.74, 6) is 0.294. The molecule has 1 aromatic carbocycles. The Labute approximate surface area is 130 Å². The quantitative estimate of drug-likeness (QED) is 0.820. The SMILES string of the molecule is CC(=O)c1ccc(F)cc1OCC(O)CN1CCC(C)CC1. The van der Waals surface area contributed by atoms with Gasteiger partial charge in [0, 0.05) is 12.6 Å². The van der Waals surface area contributed by atoms with Crippen molar-refractivity contribution in [1.29, 1.82) is 0 Å². The monoisotopic (exact) mass is 309 g/mol. The minimum atomic E-state index is -0.656. The van der Waals surface area contributed by atoms with E-state index in [1.165, 1.54) is 25.1 Å². The number of aliphatic hydroxyl groups excluding tert-OH is 1. The maximum absolute atomic E-state index is 13.3. The van der Waals surface area contributed by atoms with Crippen molar-refractivity contribution < 1.29 is 19.0 Å². The lowest BCUT2D eigenvalue weighted by Crippen LogP contribution is -2.40. The fraction of sp³-hybridized carbons (Fsp3) is 0.588. The summed E-state index contributed by atoms with van der Waals surface area (Å²) in [6.07, 6.45) is 1.63. The minimum absolute atomic E-state index is 0.0514. The Bertz CT molecular complexity index is 513. The van der Waals surface area contributed by atoms with Crippen molar-refractivity contribution in [3.63, 3.8) is 0 Å². The third-order valence-electron chi connectivity index (χ3n) is 4.10. The molecule has 1 fully saturated rings. The summed E-state index contributed by atoms with van der Waals surface area (Å²) in [6, 6.07) is 3.83. The summed E-state index contributed by atoms with van der Waals surface area (Å²) < 4.78 is 18.7. The molecule has 0 aliphatic carbocycles. The molecule has 0 spiro atoms. The number of piperidine rings is 1. The molecule has 5 heteroatoms. The van der Waals surface area contributed by atoms with Crippen LogP contribution in [0.4, 0.5) is 4.39 Å². The molecule has 1 unspecified atom stereocenters. The molecule has 0 radical (unpaired) electrons. The highest BCUT2D eigenvalue weighted by Gasteiger charge is 2.19. The van der Waals surface area contributed by atoms with Crippen molar-refractivity contribution in [3.05, 3.63) is 29.6 Å². The number of hydrogen-bond donors (Lipinski definition) is 1. The standard InChI is InChI=1S/C17H24FNO3/c1-12-5-7-19(8-6-12)10-15(21)11-22-17-9-14(18)3-4-16(17)13(2)20/h3-4,9,12,15,21H,5-8,10-11H2,1-2H3. The third-order valence-corrected chi connectivity index (χ3v) is 4.10. The molecule has 1 atom stereocenters. The second kappa shape index (κ2) is 7.70. The lowest BCUT2D eigenvalue weighted by Gasteiger charge is -2.31.